The molecule has 0 aliphatic rings. The summed E-state index contributed by atoms with van der Waals surface area (Å²) in [6.45, 7) is 2.30. The molecule has 0 fully saturated rings. The summed E-state index contributed by atoms with van der Waals surface area (Å²) in [5.74, 6) is -1.62. The predicted molar refractivity (Wildman–Crippen MR) is 58.6 cm³/mol. The van der Waals surface area contributed by atoms with E-state index < -0.39 is 11.9 Å². The lowest BCUT2D eigenvalue weighted by Crippen LogP contribution is -2.34. The number of nitrogens with zero attached hydrogens (tertiary/aromatic N) is 1. The van der Waals surface area contributed by atoms with Crippen molar-refractivity contribution in [2.75, 3.05) is 0 Å². The van der Waals surface area contributed by atoms with Crippen molar-refractivity contribution >= 4 is 17.8 Å². The number of benzene rings is 1. The fraction of sp³-hybridized carbons (Fsp3) is 0.182. The van der Waals surface area contributed by atoms with Crippen LogP contribution in [0.15, 0.2) is 30.3 Å². The van der Waals surface area contributed by atoms with Gasteiger partial charge in [0.05, 0.1) is 0 Å². The van der Waals surface area contributed by atoms with Crippen LogP contribution in [0.25, 0.3) is 0 Å². The first-order valence-electron chi connectivity index (χ1n) is 4.82. The van der Waals surface area contributed by atoms with Gasteiger partial charge in [0.2, 0.25) is 5.84 Å². The summed E-state index contributed by atoms with van der Waals surface area (Å²) in [5.41, 5.74) is 0.454. The van der Waals surface area contributed by atoms with Crippen LogP contribution in [0.1, 0.15) is 19.4 Å². The molecule has 0 amide bonds. The van der Waals surface area contributed by atoms with E-state index in [1.807, 2.05) is 0 Å². The lowest BCUT2D eigenvalue weighted by Gasteiger charge is -2.19. The summed E-state index contributed by atoms with van der Waals surface area (Å²) in [5, 5.41) is 8.23. The highest BCUT2D eigenvalue weighted by atomic mass is 17.0. The van der Waals surface area contributed by atoms with Crippen LogP contribution in [-0.2, 0) is 19.3 Å². The van der Waals surface area contributed by atoms with Crippen LogP contribution in [0.5, 0.6) is 0 Å². The Morgan fingerprint density at radius 1 is 1.06 bits per heavy atom. The Balaban J connectivity index is 2.86. The lowest BCUT2D eigenvalue weighted by molar-refractivity contribution is -0.279. The number of hydrogen-bond acceptors (Lipinski definition) is 5. The number of hydrogen-bond donors (Lipinski definition) is 1. The van der Waals surface area contributed by atoms with Gasteiger partial charge in [0.25, 0.3) is 0 Å². The van der Waals surface area contributed by atoms with Crippen LogP contribution in [0.3, 0.4) is 0 Å². The van der Waals surface area contributed by atoms with Crippen molar-refractivity contribution in [1.29, 1.82) is 5.41 Å². The third-order valence-corrected chi connectivity index (χ3v) is 1.65. The van der Waals surface area contributed by atoms with Gasteiger partial charge in [-0.25, -0.2) is 9.59 Å². The molecular weight excluding hydrogens is 224 g/mol. The molecule has 1 rings (SSSR count). The van der Waals surface area contributed by atoms with Gasteiger partial charge in [0.1, 0.15) is 0 Å². The van der Waals surface area contributed by atoms with Gasteiger partial charge in [-0.15, -0.1) is 0 Å². The maximum atomic E-state index is 10.8. The van der Waals surface area contributed by atoms with Crippen LogP contribution in [0, 0.1) is 5.41 Å². The van der Waals surface area contributed by atoms with Gasteiger partial charge in [0, 0.05) is 19.4 Å². The average molecular weight is 236 g/mol. The molecule has 17 heavy (non-hydrogen) atoms. The minimum Gasteiger partial charge on any atom is -0.305 e. The Morgan fingerprint density at radius 3 is 1.94 bits per heavy atom. The molecule has 0 atom stereocenters. The molecule has 6 heteroatoms. The second-order valence-corrected chi connectivity index (χ2v) is 3.14. The minimum absolute atomic E-state index is 0.240. The van der Waals surface area contributed by atoms with Crippen LogP contribution < -0.4 is 0 Å². The van der Waals surface area contributed by atoms with E-state index in [1.54, 1.807) is 30.3 Å². The van der Waals surface area contributed by atoms with Crippen molar-refractivity contribution < 1.29 is 19.3 Å². The minimum atomic E-state index is -0.688. The molecule has 0 aliphatic heterocycles. The molecular formula is C11H12N2O4. The topological polar surface area (TPSA) is 79.7 Å². The van der Waals surface area contributed by atoms with Crippen LogP contribution in [0.2, 0.25) is 0 Å². The summed E-state index contributed by atoms with van der Waals surface area (Å²) in [7, 11) is 0. The zero-order chi connectivity index (χ0) is 12.8. The third kappa shape index (κ3) is 3.94. The molecule has 0 radical (unpaired) electrons. The standard InChI is InChI=1S/C11H12N2O4/c1-8(14)16-13(17-9(2)15)11(12)10-6-4-3-5-7-10/h3-7,12H,1-2H3. The molecule has 0 bridgehead atoms. The highest BCUT2D eigenvalue weighted by molar-refractivity contribution is 5.96. The van der Waals surface area contributed by atoms with Crippen molar-refractivity contribution in [2.45, 2.75) is 13.8 Å². The Kier molecular flexibility index (Phi) is 4.21. The van der Waals surface area contributed by atoms with Crippen molar-refractivity contribution in [3.05, 3.63) is 35.9 Å². The van der Waals surface area contributed by atoms with E-state index in [4.69, 9.17) is 5.41 Å². The summed E-state index contributed by atoms with van der Waals surface area (Å²) < 4.78 is 0. The molecule has 0 unspecified atom stereocenters. The van der Waals surface area contributed by atoms with E-state index in [0.29, 0.717) is 10.8 Å². The molecule has 0 aromatic heterocycles. The molecule has 0 aliphatic carbocycles. The second-order valence-electron chi connectivity index (χ2n) is 3.14. The average Bonchev–Trinajstić information content (AvgIpc) is 2.27. The zero-order valence-electron chi connectivity index (χ0n) is 9.47. The largest absolute Gasteiger partial charge is 0.333 e. The normalized spacial score (nSPS) is 9.29. The van der Waals surface area contributed by atoms with Crippen LogP contribution in [0.4, 0.5) is 0 Å². The van der Waals surface area contributed by atoms with Gasteiger partial charge in [-0.3, -0.25) is 5.41 Å². The first-order chi connectivity index (χ1) is 8.00. The van der Waals surface area contributed by atoms with Crippen molar-refractivity contribution in [1.82, 2.24) is 5.23 Å². The van der Waals surface area contributed by atoms with Gasteiger partial charge in [0.15, 0.2) is 0 Å². The van der Waals surface area contributed by atoms with Gasteiger partial charge in [-0.1, -0.05) is 30.3 Å². The Hall–Kier alpha value is -2.37. The fourth-order valence-electron chi connectivity index (χ4n) is 1.04. The monoisotopic (exact) mass is 236 g/mol. The molecule has 0 spiro atoms. The van der Waals surface area contributed by atoms with Crippen molar-refractivity contribution in [3.8, 4) is 0 Å². The third-order valence-electron chi connectivity index (χ3n) is 1.65. The van der Waals surface area contributed by atoms with Crippen LogP contribution in [-0.4, -0.2) is 23.0 Å². The van der Waals surface area contributed by atoms with E-state index in [1.165, 1.54) is 0 Å². The second kappa shape index (κ2) is 5.64. The molecule has 0 saturated heterocycles. The first kappa shape index (κ1) is 12.7. The Bertz CT molecular complexity index is 414. The number of hydroxylamine groups is 2. The van der Waals surface area contributed by atoms with E-state index in [-0.39, 0.29) is 5.84 Å². The van der Waals surface area contributed by atoms with E-state index in [9.17, 15) is 9.59 Å². The molecule has 1 N–H and O–H groups in total. The van der Waals surface area contributed by atoms with Crippen LogP contribution >= 0.6 is 0 Å². The van der Waals surface area contributed by atoms with Gasteiger partial charge in [-0.05, 0) is 5.23 Å². The van der Waals surface area contributed by atoms with Crippen molar-refractivity contribution in [2.24, 2.45) is 0 Å². The highest BCUT2D eigenvalue weighted by Crippen LogP contribution is 2.06. The first-order valence-corrected chi connectivity index (χ1v) is 4.82. The smallest absolute Gasteiger partial charge is 0.305 e. The zero-order valence-corrected chi connectivity index (χ0v) is 9.47. The van der Waals surface area contributed by atoms with E-state index in [2.05, 4.69) is 9.68 Å². The highest BCUT2D eigenvalue weighted by Gasteiger charge is 2.18. The SMILES string of the molecule is CC(=O)ON(OC(C)=O)C(=N)c1ccccc1. The number of rotatable bonds is 1. The molecule has 1 aromatic carbocycles. The number of nitrogens with one attached hydrogen (secondary N) is 1. The predicted octanol–water partition coefficient (Wildman–Crippen LogP) is 1.27. The molecule has 6 nitrogen and oxygen atoms in total. The number of carbonyl (C=O) groups is 2. The summed E-state index contributed by atoms with van der Waals surface area (Å²) in [6, 6.07) is 8.45. The molecule has 0 saturated carbocycles. The lowest BCUT2D eigenvalue weighted by atomic mass is 10.2. The summed E-state index contributed by atoms with van der Waals surface area (Å²) >= 11 is 0. The maximum absolute atomic E-state index is 10.8. The van der Waals surface area contributed by atoms with Gasteiger partial charge < -0.3 is 9.68 Å². The molecule has 90 valence electrons. The Labute approximate surface area is 98.2 Å². The quantitative estimate of drug-likeness (QED) is 0.451. The number of amidine groups is 1. The van der Waals surface area contributed by atoms with E-state index in [0.717, 1.165) is 13.8 Å². The summed E-state index contributed by atoms with van der Waals surface area (Å²) in [6.07, 6.45) is 0. The number of carbonyl (C=O) groups excluding carboxylic acids is 2. The van der Waals surface area contributed by atoms with Gasteiger partial charge >= 0.3 is 11.9 Å². The van der Waals surface area contributed by atoms with Crippen molar-refractivity contribution in [3.63, 3.8) is 0 Å². The Morgan fingerprint density at radius 2 is 1.53 bits per heavy atom. The summed E-state index contributed by atoms with van der Waals surface area (Å²) in [4.78, 5) is 30.8. The molecule has 0 heterocycles. The molecule has 1 aromatic rings. The fourth-order valence-corrected chi connectivity index (χ4v) is 1.04. The maximum Gasteiger partial charge on any atom is 0.333 e. The van der Waals surface area contributed by atoms with Gasteiger partial charge in [-0.2, -0.15) is 0 Å². The van der Waals surface area contributed by atoms with E-state index >= 15 is 0 Å².